The number of hydrogen-bond donors (Lipinski definition) is 1. The Bertz CT molecular complexity index is 411. The molecule has 13 heavy (non-hydrogen) atoms. The van der Waals surface area contributed by atoms with Crippen molar-refractivity contribution in [1.29, 1.82) is 0 Å². The van der Waals surface area contributed by atoms with E-state index in [9.17, 15) is 5.11 Å². The standard InChI is InChI=1S/C9H6BrNO2/c10-8-4-7(9(12)13-8)6-2-1-3-11-5-6/h1-5,12H. The van der Waals surface area contributed by atoms with Gasteiger partial charge in [-0.05, 0) is 22.0 Å². The second-order valence-corrected chi connectivity index (χ2v) is 3.29. The van der Waals surface area contributed by atoms with Gasteiger partial charge in [0.2, 0.25) is 0 Å². The average Bonchev–Trinajstić information content (AvgIpc) is 2.47. The molecule has 0 saturated carbocycles. The van der Waals surface area contributed by atoms with Gasteiger partial charge in [-0.3, -0.25) is 4.98 Å². The first-order valence-corrected chi connectivity index (χ1v) is 4.45. The van der Waals surface area contributed by atoms with Crippen LogP contribution in [0.1, 0.15) is 0 Å². The van der Waals surface area contributed by atoms with Crippen LogP contribution in [-0.4, -0.2) is 10.1 Å². The topological polar surface area (TPSA) is 46.3 Å². The summed E-state index contributed by atoms with van der Waals surface area (Å²) in [6.07, 6.45) is 3.34. The predicted molar refractivity (Wildman–Crippen MR) is 51.3 cm³/mol. The molecule has 0 aromatic carbocycles. The summed E-state index contributed by atoms with van der Waals surface area (Å²) in [5.41, 5.74) is 1.47. The van der Waals surface area contributed by atoms with Crippen molar-refractivity contribution in [2.24, 2.45) is 0 Å². The van der Waals surface area contributed by atoms with Crippen LogP contribution in [0.25, 0.3) is 11.1 Å². The quantitative estimate of drug-likeness (QED) is 0.833. The summed E-state index contributed by atoms with van der Waals surface area (Å²) in [6, 6.07) is 5.35. The first-order chi connectivity index (χ1) is 6.27. The maximum Gasteiger partial charge on any atom is 0.291 e. The number of hydrogen-bond acceptors (Lipinski definition) is 3. The number of pyridine rings is 1. The lowest BCUT2D eigenvalue weighted by Gasteiger charge is -1.94. The lowest BCUT2D eigenvalue weighted by atomic mass is 10.1. The van der Waals surface area contributed by atoms with Gasteiger partial charge in [-0.2, -0.15) is 0 Å². The molecule has 3 nitrogen and oxygen atoms in total. The number of halogens is 1. The van der Waals surface area contributed by atoms with Crippen LogP contribution in [0.15, 0.2) is 39.7 Å². The Morgan fingerprint density at radius 3 is 2.85 bits per heavy atom. The Labute approximate surface area is 83.2 Å². The van der Waals surface area contributed by atoms with E-state index < -0.39 is 0 Å². The van der Waals surface area contributed by atoms with Gasteiger partial charge in [-0.1, -0.05) is 6.07 Å². The van der Waals surface area contributed by atoms with Crippen molar-refractivity contribution >= 4 is 15.9 Å². The van der Waals surface area contributed by atoms with Gasteiger partial charge in [-0.15, -0.1) is 0 Å². The van der Waals surface area contributed by atoms with Crippen LogP contribution in [0.2, 0.25) is 0 Å². The van der Waals surface area contributed by atoms with Crippen molar-refractivity contribution in [3.8, 4) is 17.1 Å². The fourth-order valence-corrected chi connectivity index (χ4v) is 1.46. The summed E-state index contributed by atoms with van der Waals surface area (Å²) in [7, 11) is 0. The van der Waals surface area contributed by atoms with Gasteiger partial charge in [0.05, 0.1) is 5.56 Å². The van der Waals surface area contributed by atoms with Crippen molar-refractivity contribution in [1.82, 2.24) is 4.98 Å². The monoisotopic (exact) mass is 239 g/mol. The molecule has 0 aliphatic rings. The van der Waals surface area contributed by atoms with Gasteiger partial charge in [0.1, 0.15) is 0 Å². The smallest absolute Gasteiger partial charge is 0.291 e. The van der Waals surface area contributed by atoms with Crippen molar-refractivity contribution < 1.29 is 9.52 Å². The molecule has 0 atom stereocenters. The predicted octanol–water partition coefficient (Wildman–Crippen LogP) is 2.81. The van der Waals surface area contributed by atoms with Gasteiger partial charge in [0.15, 0.2) is 4.67 Å². The number of rotatable bonds is 1. The van der Waals surface area contributed by atoms with Crippen LogP contribution in [-0.2, 0) is 0 Å². The Kier molecular flexibility index (Phi) is 2.06. The van der Waals surface area contributed by atoms with Gasteiger partial charge in [-0.25, -0.2) is 0 Å². The highest BCUT2D eigenvalue weighted by Gasteiger charge is 2.09. The van der Waals surface area contributed by atoms with Crippen LogP contribution >= 0.6 is 15.9 Å². The summed E-state index contributed by atoms with van der Waals surface area (Å²) in [6.45, 7) is 0. The third-order valence-corrected chi connectivity index (χ3v) is 2.05. The van der Waals surface area contributed by atoms with E-state index in [-0.39, 0.29) is 5.95 Å². The van der Waals surface area contributed by atoms with Crippen molar-refractivity contribution in [3.63, 3.8) is 0 Å². The largest absolute Gasteiger partial charge is 0.480 e. The summed E-state index contributed by atoms with van der Waals surface area (Å²) < 4.78 is 5.42. The van der Waals surface area contributed by atoms with Crippen LogP contribution in [0, 0.1) is 0 Å². The molecule has 0 aliphatic carbocycles. The van der Waals surface area contributed by atoms with Crippen molar-refractivity contribution in [2.45, 2.75) is 0 Å². The lowest BCUT2D eigenvalue weighted by Crippen LogP contribution is -1.75. The minimum absolute atomic E-state index is 0.0973. The minimum atomic E-state index is -0.0973. The summed E-state index contributed by atoms with van der Waals surface area (Å²) in [4.78, 5) is 3.94. The van der Waals surface area contributed by atoms with E-state index in [0.29, 0.717) is 10.2 Å². The number of aromatic nitrogens is 1. The highest BCUT2D eigenvalue weighted by atomic mass is 79.9. The van der Waals surface area contributed by atoms with E-state index in [4.69, 9.17) is 4.42 Å². The molecule has 66 valence electrons. The van der Waals surface area contributed by atoms with Crippen LogP contribution in [0.4, 0.5) is 0 Å². The molecule has 0 radical (unpaired) electrons. The molecule has 2 aromatic rings. The van der Waals surface area contributed by atoms with Crippen molar-refractivity contribution in [2.75, 3.05) is 0 Å². The van der Waals surface area contributed by atoms with E-state index in [0.717, 1.165) is 5.56 Å². The van der Waals surface area contributed by atoms with E-state index >= 15 is 0 Å². The molecule has 2 aromatic heterocycles. The maximum atomic E-state index is 9.36. The normalized spacial score (nSPS) is 10.2. The Hall–Kier alpha value is -1.29. The maximum absolute atomic E-state index is 9.36. The average molecular weight is 240 g/mol. The van der Waals surface area contributed by atoms with Crippen LogP contribution in [0.3, 0.4) is 0 Å². The minimum Gasteiger partial charge on any atom is -0.480 e. The molecular formula is C9H6BrNO2. The molecule has 4 heteroatoms. The lowest BCUT2D eigenvalue weighted by molar-refractivity contribution is 0.326. The van der Waals surface area contributed by atoms with Gasteiger partial charge in [0, 0.05) is 24.0 Å². The Morgan fingerprint density at radius 2 is 2.31 bits per heavy atom. The van der Waals surface area contributed by atoms with E-state index in [1.165, 1.54) is 0 Å². The zero-order chi connectivity index (χ0) is 9.26. The highest BCUT2D eigenvalue weighted by molar-refractivity contribution is 9.10. The SMILES string of the molecule is Oc1oc(Br)cc1-c1cccnc1. The van der Waals surface area contributed by atoms with Crippen molar-refractivity contribution in [3.05, 3.63) is 35.3 Å². The fourth-order valence-electron chi connectivity index (χ4n) is 1.08. The first kappa shape index (κ1) is 8.31. The summed E-state index contributed by atoms with van der Waals surface area (Å²) in [5.74, 6) is -0.0973. The third-order valence-electron chi connectivity index (χ3n) is 1.65. The zero-order valence-corrected chi connectivity index (χ0v) is 8.15. The number of furan rings is 1. The molecule has 0 unspecified atom stereocenters. The summed E-state index contributed by atoms with van der Waals surface area (Å²) in [5, 5.41) is 9.36. The van der Waals surface area contributed by atoms with E-state index in [2.05, 4.69) is 20.9 Å². The molecule has 0 spiro atoms. The van der Waals surface area contributed by atoms with Gasteiger partial charge >= 0.3 is 0 Å². The number of nitrogens with zero attached hydrogens (tertiary/aromatic N) is 1. The summed E-state index contributed by atoms with van der Waals surface area (Å²) >= 11 is 3.13. The number of aromatic hydroxyl groups is 1. The van der Waals surface area contributed by atoms with E-state index in [1.54, 1.807) is 24.5 Å². The molecule has 0 amide bonds. The van der Waals surface area contributed by atoms with Gasteiger partial charge < -0.3 is 9.52 Å². The molecule has 2 heterocycles. The second kappa shape index (κ2) is 3.22. The van der Waals surface area contributed by atoms with Gasteiger partial charge in [0.25, 0.3) is 5.95 Å². The molecule has 0 bridgehead atoms. The fraction of sp³-hybridized carbons (Fsp3) is 0. The Morgan fingerprint density at radius 1 is 1.46 bits per heavy atom. The highest BCUT2D eigenvalue weighted by Crippen LogP contribution is 2.33. The van der Waals surface area contributed by atoms with E-state index in [1.807, 2.05) is 6.07 Å². The second-order valence-electron chi connectivity index (χ2n) is 2.51. The molecule has 2 rings (SSSR count). The third kappa shape index (κ3) is 1.58. The Balaban J connectivity index is 2.53. The van der Waals surface area contributed by atoms with Crippen LogP contribution in [0.5, 0.6) is 5.95 Å². The first-order valence-electron chi connectivity index (χ1n) is 3.66. The molecule has 0 fully saturated rings. The molecule has 0 saturated heterocycles. The molecular weight excluding hydrogens is 234 g/mol. The van der Waals surface area contributed by atoms with Crippen LogP contribution < -0.4 is 0 Å². The molecule has 0 aliphatic heterocycles. The zero-order valence-electron chi connectivity index (χ0n) is 6.57. The molecule has 1 N–H and O–H groups in total.